The van der Waals surface area contributed by atoms with Crippen LogP contribution in [0.5, 0.6) is 0 Å². The van der Waals surface area contributed by atoms with Crippen LogP contribution in [0.1, 0.15) is 25.0 Å². The molecule has 0 saturated carbocycles. The number of benzene rings is 2. The van der Waals surface area contributed by atoms with Gasteiger partial charge in [0, 0.05) is 12.2 Å². The Labute approximate surface area is 120 Å². The smallest absolute Gasteiger partial charge is 0.0720 e. The third kappa shape index (κ3) is 5.03. The largest absolute Gasteiger partial charge is 0.374 e. The Bertz CT molecular complexity index is 494. The molecule has 0 aliphatic rings. The molecule has 106 valence electrons. The predicted octanol–water partition coefficient (Wildman–Crippen LogP) is 3.73. The van der Waals surface area contributed by atoms with E-state index in [-0.39, 0.29) is 6.10 Å². The zero-order valence-electron chi connectivity index (χ0n) is 12.1. The van der Waals surface area contributed by atoms with Gasteiger partial charge in [-0.05, 0) is 37.1 Å². The molecule has 0 spiro atoms. The molecular formula is C17H22N2O. The van der Waals surface area contributed by atoms with Gasteiger partial charge < -0.3 is 10.2 Å². The molecule has 0 unspecified atom stereocenters. The molecule has 0 bridgehead atoms. The normalized spacial score (nSPS) is 10.8. The lowest BCUT2D eigenvalue weighted by Gasteiger charge is -2.10. The van der Waals surface area contributed by atoms with Gasteiger partial charge in [0.05, 0.1) is 12.7 Å². The van der Waals surface area contributed by atoms with Gasteiger partial charge in [-0.2, -0.15) is 0 Å². The quantitative estimate of drug-likeness (QED) is 0.752. The van der Waals surface area contributed by atoms with Gasteiger partial charge in [-0.1, -0.05) is 42.5 Å². The van der Waals surface area contributed by atoms with E-state index in [4.69, 9.17) is 4.74 Å². The first-order valence-corrected chi connectivity index (χ1v) is 6.97. The number of rotatable bonds is 7. The monoisotopic (exact) mass is 270 g/mol. The second kappa shape index (κ2) is 7.68. The van der Waals surface area contributed by atoms with Crippen molar-refractivity contribution in [3.05, 3.63) is 65.7 Å². The van der Waals surface area contributed by atoms with Gasteiger partial charge in [-0.25, -0.2) is 5.43 Å². The first kappa shape index (κ1) is 14.6. The molecule has 0 aliphatic heterocycles. The Morgan fingerprint density at radius 3 is 2.20 bits per heavy atom. The van der Waals surface area contributed by atoms with Crippen molar-refractivity contribution in [2.75, 3.05) is 5.43 Å². The number of ether oxygens (including phenoxy) is 1. The number of hydrogen-bond donors (Lipinski definition) is 2. The summed E-state index contributed by atoms with van der Waals surface area (Å²) in [5.41, 5.74) is 9.89. The van der Waals surface area contributed by atoms with E-state index in [1.807, 2.05) is 44.2 Å². The van der Waals surface area contributed by atoms with Crippen LogP contribution >= 0.6 is 0 Å². The lowest BCUT2D eigenvalue weighted by Crippen LogP contribution is -2.20. The molecule has 0 saturated heterocycles. The van der Waals surface area contributed by atoms with Crippen LogP contribution < -0.4 is 10.9 Å². The maximum Gasteiger partial charge on any atom is 0.0720 e. The molecule has 0 atom stereocenters. The molecule has 2 aromatic carbocycles. The molecule has 3 heteroatoms. The SMILES string of the molecule is CC(C)OCc1ccc(CNNc2ccccc2)cc1. The fourth-order valence-corrected chi connectivity index (χ4v) is 1.79. The molecule has 0 heterocycles. The first-order chi connectivity index (χ1) is 9.74. The fraction of sp³-hybridized carbons (Fsp3) is 0.294. The fourth-order valence-electron chi connectivity index (χ4n) is 1.79. The Kier molecular flexibility index (Phi) is 5.59. The van der Waals surface area contributed by atoms with Crippen LogP contribution in [0.2, 0.25) is 0 Å². The Morgan fingerprint density at radius 1 is 0.900 bits per heavy atom. The van der Waals surface area contributed by atoms with Crippen molar-refractivity contribution in [1.29, 1.82) is 0 Å². The summed E-state index contributed by atoms with van der Waals surface area (Å²) >= 11 is 0. The Morgan fingerprint density at radius 2 is 1.55 bits per heavy atom. The minimum Gasteiger partial charge on any atom is -0.374 e. The highest BCUT2D eigenvalue weighted by molar-refractivity contribution is 5.41. The molecule has 0 amide bonds. The number of hydrogen-bond acceptors (Lipinski definition) is 3. The van der Waals surface area contributed by atoms with E-state index in [1.165, 1.54) is 11.1 Å². The summed E-state index contributed by atoms with van der Waals surface area (Å²) in [5.74, 6) is 0. The van der Waals surface area contributed by atoms with Crippen LogP contribution in [0.3, 0.4) is 0 Å². The zero-order valence-corrected chi connectivity index (χ0v) is 12.1. The van der Waals surface area contributed by atoms with Crippen molar-refractivity contribution in [1.82, 2.24) is 5.43 Å². The van der Waals surface area contributed by atoms with Crippen LogP contribution in [0.15, 0.2) is 54.6 Å². The molecule has 2 rings (SSSR count). The lowest BCUT2D eigenvalue weighted by atomic mass is 10.1. The molecular weight excluding hydrogens is 248 g/mol. The van der Waals surface area contributed by atoms with Crippen LogP contribution in [-0.4, -0.2) is 6.10 Å². The van der Waals surface area contributed by atoms with E-state index >= 15 is 0 Å². The maximum atomic E-state index is 5.58. The summed E-state index contributed by atoms with van der Waals surface area (Å²) < 4.78 is 5.58. The van der Waals surface area contributed by atoms with E-state index in [2.05, 4.69) is 35.1 Å². The Hall–Kier alpha value is -1.84. The third-order valence-corrected chi connectivity index (χ3v) is 2.91. The summed E-state index contributed by atoms with van der Waals surface area (Å²) in [6.45, 7) is 5.55. The minimum atomic E-state index is 0.270. The summed E-state index contributed by atoms with van der Waals surface area (Å²) in [7, 11) is 0. The molecule has 2 aromatic rings. The van der Waals surface area contributed by atoms with Crippen molar-refractivity contribution in [2.24, 2.45) is 0 Å². The van der Waals surface area contributed by atoms with Gasteiger partial charge in [0.15, 0.2) is 0 Å². The van der Waals surface area contributed by atoms with Gasteiger partial charge in [-0.3, -0.25) is 0 Å². The molecule has 0 aromatic heterocycles. The topological polar surface area (TPSA) is 33.3 Å². The van der Waals surface area contributed by atoms with Gasteiger partial charge in [0.1, 0.15) is 0 Å². The van der Waals surface area contributed by atoms with E-state index in [1.54, 1.807) is 0 Å². The number of nitrogens with one attached hydrogen (secondary N) is 2. The summed E-state index contributed by atoms with van der Waals surface area (Å²) in [4.78, 5) is 0. The highest BCUT2D eigenvalue weighted by atomic mass is 16.5. The summed E-state index contributed by atoms with van der Waals surface area (Å²) in [6.07, 6.45) is 0.270. The predicted molar refractivity (Wildman–Crippen MR) is 83.3 cm³/mol. The number of anilines is 1. The van der Waals surface area contributed by atoms with Crippen LogP contribution in [0, 0.1) is 0 Å². The number of para-hydroxylation sites is 1. The van der Waals surface area contributed by atoms with E-state index in [9.17, 15) is 0 Å². The molecule has 0 radical (unpaired) electrons. The molecule has 20 heavy (non-hydrogen) atoms. The molecule has 2 N–H and O–H groups in total. The van der Waals surface area contributed by atoms with Crippen LogP contribution in [0.4, 0.5) is 5.69 Å². The van der Waals surface area contributed by atoms with Crippen molar-refractivity contribution < 1.29 is 4.74 Å². The number of hydrazine groups is 1. The zero-order chi connectivity index (χ0) is 14.2. The van der Waals surface area contributed by atoms with Crippen LogP contribution in [-0.2, 0) is 17.9 Å². The van der Waals surface area contributed by atoms with Gasteiger partial charge in [-0.15, -0.1) is 0 Å². The van der Waals surface area contributed by atoms with Crippen molar-refractivity contribution in [3.8, 4) is 0 Å². The van der Waals surface area contributed by atoms with E-state index in [0.29, 0.717) is 6.61 Å². The highest BCUT2D eigenvalue weighted by Crippen LogP contribution is 2.08. The summed E-state index contributed by atoms with van der Waals surface area (Å²) in [5, 5.41) is 0. The third-order valence-electron chi connectivity index (χ3n) is 2.91. The average molecular weight is 270 g/mol. The second-order valence-corrected chi connectivity index (χ2v) is 5.02. The van der Waals surface area contributed by atoms with Gasteiger partial charge >= 0.3 is 0 Å². The van der Waals surface area contributed by atoms with Crippen molar-refractivity contribution >= 4 is 5.69 Å². The Balaban J connectivity index is 1.76. The lowest BCUT2D eigenvalue weighted by molar-refractivity contribution is 0.0657. The van der Waals surface area contributed by atoms with Gasteiger partial charge in [0.2, 0.25) is 0 Å². The van der Waals surface area contributed by atoms with Gasteiger partial charge in [0.25, 0.3) is 0 Å². The average Bonchev–Trinajstić information content (AvgIpc) is 2.47. The van der Waals surface area contributed by atoms with Crippen molar-refractivity contribution in [3.63, 3.8) is 0 Å². The van der Waals surface area contributed by atoms with Crippen molar-refractivity contribution in [2.45, 2.75) is 33.1 Å². The molecule has 0 aliphatic carbocycles. The molecule has 0 fully saturated rings. The summed E-state index contributed by atoms with van der Waals surface area (Å²) in [6, 6.07) is 18.5. The standard InChI is InChI=1S/C17H22N2O/c1-14(2)20-13-16-10-8-15(9-11-16)12-18-19-17-6-4-3-5-7-17/h3-11,14,18-19H,12-13H2,1-2H3. The highest BCUT2D eigenvalue weighted by Gasteiger charge is 1.97. The van der Waals surface area contributed by atoms with E-state index in [0.717, 1.165) is 12.2 Å². The van der Waals surface area contributed by atoms with Crippen LogP contribution in [0.25, 0.3) is 0 Å². The first-order valence-electron chi connectivity index (χ1n) is 6.97. The minimum absolute atomic E-state index is 0.270. The van der Waals surface area contributed by atoms with E-state index < -0.39 is 0 Å². The second-order valence-electron chi connectivity index (χ2n) is 5.02. The maximum absolute atomic E-state index is 5.58. The molecule has 3 nitrogen and oxygen atoms in total.